The molecule has 0 radical (unpaired) electrons. The molecule has 2 rings (SSSR count). The molecule has 0 fully saturated rings. The van der Waals surface area contributed by atoms with Gasteiger partial charge in [0.15, 0.2) is 5.78 Å². The number of methoxy groups -OCH3 is 2. The molecule has 2 aromatic rings. The zero-order valence-electron chi connectivity index (χ0n) is 15.3. The number of rotatable bonds is 7. The third-order valence-corrected chi connectivity index (χ3v) is 4.40. The number of Topliss-reactive ketones (excluding diaryl/α,β-unsaturated/α-hetero) is 1. The van der Waals surface area contributed by atoms with Gasteiger partial charge in [-0.05, 0) is 37.6 Å². The van der Waals surface area contributed by atoms with Crippen LogP contribution < -0.4 is 14.8 Å². The molecule has 0 aliphatic carbocycles. The summed E-state index contributed by atoms with van der Waals surface area (Å²) in [6, 6.07) is 8.78. The molecular formula is C20H22ClNO4. The molecule has 138 valence electrons. The van der Waals surface area contributed by atoms with Crippen LogP contribution in [0, 0.1) is 13.8 Å². The van der Waals surface area contributed by atoms with E-state index in [1.54, 1.807) is 24.3 Å². The molecule has 6 heteroatoms. The van der Waals surface area contributed by atoms with E-state index in [1.165, 1.54) is 14.2 Å². The number of ether oxygens (including phenoxy) is 2. The van der Waals surface area contributed by atoms with Crippen molar-refractivity contribution in [1.29, 1.82) is 0 Å². The maximum Gasteiger partial charge on any atom is 0.224 e. The predicted octanol–water partition coefficient (Wildman–Crippen LogP) is 4.58. The molecular weight excluding hydrogens is 354 g/mol. The van der Waals surface area contributed by atoms with Crippen molar-refractivity contribution in [3.05, 3.63) is 52.0 Å². The lowest BCUT2D eigenvalue weighted by Gasteiger charge is -2.12. The standard InChI is InChI=1S/C20H22ClNO4/c1-12-5-7-18(25-3)14(9-12)17(23)6-8-20(24)22-16-10-13(2)15(21)11-19(16)26-4/h5,7,9-11H,6,8H2,1-4H3,(H,22,24). The fraction of sp³-hybridized carbons (Fsp3) is 0.300. The Balaban J connectivity index is 2.05. The maximum atomic E-state index is 12.5. The molecule has 0 unspecified atom stereocenters. The SMILES string of the molecule is COc1cc(Cl)c(C)cc1NC(=O)CCC(=O)c1cc(C)ccc1OC. The average Bonchev–Trinajstić information content (AvgIpc) is 2.62. The molecule has 0 aromatic heterocycles. The van der Waals surface area contributed by atoms with Gasteiger partial charge in [-0.3, -0.25) is 9.59 Å². The summed E-state index contributed by atoms with van der Waals surface area (Å²) in [4.78, 5) is 24.7. The summed E-state index contributed by atoms with van der Waals surface area (Å²) in [6.45, 7) is 3.74. The molecule has 0 atom stereocenters. The number of aryl methyl sites for hydroxylation is 2. The molecule has 0 spiro atoms. The zero-order chi connectivity index (χ0) is 19.3. The normalized spacial score (nSPS) is 10.3. The molecule has 2 aromatic carbocycles. The Morgan fingerprint density at radius 1 is 1.00 bits per heavy atom. The van der Waals surface area contributed by atoms with Gasteiger partial charge in [0.25, 0.3) is 0 Å². The maximum absolute atomic E-state index is 12.5. The van der Waals surface area contributed by atoms with Gasteiger partial charge in [-0.1, -0.05) is 23.2 Å². The molecule has 0 bridgehead atoms. The Morgan fingerprint density at radius 2 is 1.69 bits per heavy atom. The smallest absolute Gasteiger partial charge is 0.224 e. The van der Waals surface area contributed by atoms with Gasteiger partial charge in [-0.2, -0.15) is 0 Å². The van der Waals surface area contributed by atoms with Crippen molar-refractivity contribution >= 4 is 29.0 Å². The average molecular weight is 376 g/mol. The van der Waals surface area contributed by atoms with Crippen LogP contribution in [0.2, 0.25) is 5.02 Å². The highest BCUT2D eigenvalue weighted by molar-refractivity contribution is 6.31. The van der Waals surface area contributed by atoms with Crippen LogP contribution in [-0.2, 0) is 4.79 Å². The number of ketones is 1. The van der Waals surface area contributed by atoms with Crippen molar-refractivity contribution in [3.63, 3.8) is 0 Å². The lowest BCUT2D eigenvalue weighted by atomic mass is 10.0. The summed E-state index contributed by atoms with van der Waals surface area (Å²) < 4.78 is 10.5. The quantitative estimate of drug-likeness (QED) is 0.719. The number of hydrogen-bond donors (Lipinski definition) is 1. The third-order valence-electron chi connectivity index (χ3n) is 3.99. The fourth-order valence-electron chi connectivity index (χ4n) is 2.54. The van der Waals surface area contributed by atoms with Gasteiger partial charge in [0.2, 0.25) is 5.91 Å². The first-order chi connectivity index (χ1) is 12.3. The van der Waals surface area contributed by atoms with E-state index in [1.807, 2.05) is 19.9 Å². The van der Waals surface area contributed by atoms with Crippen LogP contribution in [0.1, 0.15) is 34.3 Å². The van der Waals surface area contributed by atoms with Crippen LogP contribution in [0.3, 0.4) is 0 Å². The Morgan fingerprint density at radius 3 is 2.35 bits per heavy atom. The Hall–Kier alpha value is -2.53. The third kappa shape index (κ3) is 4.76. The first-order valence-corrected chi connectivity index (χ1v) is 8.55. The van der Waals surface area contributed by atoms with Crippen molar-refractivity contribution < 1.29 is 19.1 Å². The number of carbonyl (C=O) groups is 2. The van der Waals surface area contributed by atoms with E-state index < -0.39 is 0 Å². The Bertz CT molecular complexity index is 833. The molecule has 0 heterocycles. The lowest BCUT2D eigenvalue weighted by molar-refractivity contribution is -0.116. The fourth-order valence-corrected chi connectivity index (χ4v) is 2.70. The second kappa shape index (κ2) is 8.72. The lowest BCUT2D eigenvalue weighted by Crippen LogP contribution is -2.14. The highest BCUT2D eigenvalue weighted by atomic mass is 35.5. The summed E-state index contributed by atoms with van der Waals surface area (Å²) >= 11 is 6.06. The molecule has 26 heavy (non-hydrogen) atoms. The molecule has 1 N–H and O–H groups in total. The molecule has 0 saturated carbocycles. The Labute approximate surface area is 158 Å². The molecule has 0 saturated heterocycles. The van der Waals surface area contributed by atoms with Gasteiger partial charge in [-0.25, -0.2) is 0 Å². The van der Waals surface area contributed by atoms with Crippen molar-refractivity contribution in [2.24, 2.45) is 0 Å². The number of nitrogens with one attached hydrogen (secondary N) is 1. The van der Waals surface area contributed by atoms with E-state index in [0.717, 1.165) is 11.1 Å². The number of benzene rings is 2. The first-order valence-electron chi connectivity index (χ1n) is 8.17. The van der Waals surface area contributed by atoms with E-state index in [0.29, 0.717) is 27.8 Å². The van der Waals surface area contributed by atoms with Gasteiger partial charge in [0.05, 0.1) is 25.5 Å². The summed E-state index contributed by atoms with van der Waals surface area (Å²) in [7, 11) is 3.02. The second-order valence-electron chi connectivity index (χ2n) is 5.98. The van der Waals surface area contributed by atoms with Gasteiger partial charge in [0, 0.05) is 23.9 Å². The minimum Gasteiger partial charge on any atom is -0.496 e. The first kappa shape index (κ1) is 19.8. The minimum atomic E-state index is -0.273. The van der Waals surface area contributed by atoms with Crippen molar-refractivity contribution in [2.75, 3.05) is 19.5 Å². The van der Waals surface area contributed by atoms with Crippen molar-refractivity contribution in [1.82, 2.24) is 0 Å². The molecule has 5 nitrogen and oxygen atoms in total. The highest BCUT2D eigenvalue weighted by Crippen LogP contribution is 2.31. The largest absolute Gasteiger partial charge is 0.496 e. The molecule has 0 aliphatic heterocycles. The summed E-state index contributed by atoms with van der Waals surface area (Å²) in [5, 5.41) is 3.33. The summed E-state index contributed by atoms with van der Waals surface area (Å²) in [6.07, 6.45) is 0.140. The molecule has 0 aliphatic rings. The van der Waals surface area contributed by atoms with E-state index in [9.17, 15) is 9.59 Å². The van der Waals surface area contributed by atoms with Crippen LogP contribution in [0.4, 0.5) is 5.69 Å². The predicted molar refractivity (Wildman–Crippen MR) is 103 cm³/mol. The monoisotopic (exact) mass is 375 g/mol. The Kier molecular flexibility index (Phi) is 6.64. The number of hydrogen-bond acceptors (Lipinski definition) is 4. The minimum absolute atomic E-state index is 0.0563. The second-order valence-corrected chi connectivity index (χ2v) is 6.38. The highest BCUT2D eigenvalue weighted by Gasteiger charge is 2.16. The zero-order valence-corrected chi connectivity index (χ0v) is 16.1. The molecule has 1 amide bonds. The number of carbonyl (C=O) groups excluding carboxylic acids is 2. The van der Waals surface area contributed by atoms with Gasteiger partial charge in [-0.15, -0.1) is 0 Å². The summed E-state index contributed by atoms with van der Waals surface area (Å²) in [5.41, 5.74) is 2.79. The van der Waals surface area contributed by atoms with E-state index in [-0.39, 0.29) is 24.5 Å². The van der Waals surface area contributed by atoms with Crippen LogP contribution in [-0.4, -0.2) is 25.9 Å². The van der Waals surface area contributed by atoms with Gasteiger partial charge < -0.3 is 14.8 Å². The van der Waals surface area contributed by atoms with E-state index >= 15 is 0 Å². The number of amides is 1. The summed E-state index contributed by atoms with van der Waals surface area (Å²) in [5.74, 6) is 0.571. The van der Waals surface area contributed by atoms with Gasteiger partial charge in [0.1, 0.15) is 11.5 Å². The number of anilines is 1. The van der Waals surface area contributed by atoms with Crippen LogP contribution in [0.15, 0.2) is 30.3 Å². The van der Waals surface area contributed by atoms with E-state index in [4.69, 9.17) is 21.1 Å². The van der Waals surface area contributed by atoms with E-state index in [2.05, 4.69) is 5.32 Å². The van der Waals surface area contributed by atoms with Gasteiger partial charge >= 0.3 is 0 Å². The van der Waals surface area contributed by atoms with Crippen molar-refractivity contribution in [3.8, 4) is 11.5 Å². The van der Waals surface area contributed by atoms with Crippen LogP contribution in [0.25, 0.3) is 0 Å². The number of halogens is 1. The van der Waals surface area contributed by atoms with Crippen LogP contribution in [0.5, 0.6) is 11.5 Å². The van der Waals surface area contributed by atoms with Crippen LogP contribution >= 0.6 is 11.6 Å². The topological polar surface area (TPSA) is 64.6 Å². The van der Waals surface area contributed by atoms with Crippen molar-refractivity contribution in [2.45, 2.75) is 26.7 Å².